The van der Waals surface area contributed by atoms with Crippen molar-refractivity contribution < 1.29 is 77.3 Å². The van der Waals surface area contributed by atoms with E-state index in [2.05, 4.69) is 0 Å². The predicted molar refractivity (Wildman–Crippen MR) is 170 cm³/mol. The van der Waals surface area contributed by atoms with Gasteiger partial charge in [0.1, 0.15) is 17.2 Å². The van der Waals surface area contributed by atoms with E-state index in [-0.39, 0.29) is 34.4 Å². The number of alkyl halides is 8. The Hall–Kier alpha value is -4.91. The van der Waals surface area contributed by atoms with Crippen molar-refractivity contribution in [3.8, 4) is 11.5 Å². The number of phenolic OH excluding ortho intramolecular Hbond substituents is 1. The summed E-state index contributed by atoms with van der Waals surface area (Å²) in [4.78, 5) is 50.3. The molecular formula is C35H19Cl2F11N2O6. The molecule has 56 heavy (non-hydrogen) atoms. The number of ether oxygens (including phenoxy) is 1. The number of hydrogen-bond acceptors (Lipinski definition) is 6. The number of halogens is 13. The molecule has 1 N–H and O–H groups in total. The molecule has 3 fully saturated rings. The Morgan fingerprint density at radius 2 is 1.32 bits per heavy atom. The van der Waals surface area contributed by atoms with Crippen LogP contribution in [0.25, 0.3) is 0 Å². The fourth-order valence-electron chi connectivity index (χ4n) is 8.21. The number of fused-ring (bicyclic) bond motifs is 4. The minimum Gasteiger partial charge on any atom is -0.508 e. The Morgan fingerprint density at radius 3 is 1.86 bits per heavy atom. The number of carbonyl (C=O) groups is 4. The molecule has 4 amide bonds. The number of imide groups is 2. The average molecular weight is 843 g/mol. The second-order valence-corrected chi connectivity index (χ2v) is 14.6. The van der Waals surface area contributed by atoms with Crippen molar-refractivity contribution >= 4 is 58.2 Å². The van der Waals surface area contributed by atoms with Crippen molar-refractivity contribution in [2.24, 2.45) is 17.8 Å². The summed E-state index contributed by atoms with van der Waals surface area (Å²) in [5.74, 6) is -27.5. The average Bonchev–Trinajstić information content (AvgIpc) is 3.47. The van der Waals surface area contributed by atoms with Gasteiger partial charge in [0.25, 0.3) is 11.8 Å². The quantitative estimate of drug-likeness (QED) is 0.0716. The summed E-state index contributed by atoms with van der Waals surface area (Å²) in [6, 6.07) is 3.53. The predicted octanol–water partition coefficient (Wildman–Crippen LogP) is 7.90. The third-order valence-corrected chi connectivity index (χ3v) is 12.0. The van der Waals surface area contributed by atoms with Crippen LogP contribution in [0, 0.1) is 46.8 Å². The number of methoxy groups -OCH3 is 1. The fraction of sp³-hybridized carbons (Fsp3) is 0.314. The van der Waals surface area contributed by atoms with Gasteiger partial charge < -0.3 is 9.84 Å². The molecule has 0 aromatic heterocycles. The van der Waals surface area contributed by atoms with E-state index in [0.29, 0.717) is 0 Å². The van der Waals surface area contributed by atoms with Gasteiger partial charge in [0.2, 0.25) is 17.6 Å². The number of hydrogen-bond donors (Lipinski definition) is 1. The van der Waals surface area contributed by atoms with Crippen LogP contribution < -0.4 is 14.5 Å². The molecule has 2 saturated heterocycles. The van der Waals surface area contributed by atoms with E-state index in [1.54, 1.807) is 0 Å². The van der Waals surface area contributed by atoms with Crippen LogP contribution in [0.4, 0.5) is 59.7 Å². The first-order valence-corrected chi connectivity index (χ1v) is 16.7. The molecule has 3 aromatic rings. The van der Waals surface area contributed by atoms with Crippen molar-refractivity contribution in [2.75, 3.05) is 16.9 Å². The monoisotopic (exact) mass is 842 g/mol. The molecule has 4 aliphatic rings. The topological polar surface area (TPSA) is 104 Å². The minimum absolute atomic E-state index is 0.0956. The summed E-state index contributed by atoms with van der Waals surface area (Å²) in [7, 11) is 1.07. The van der Waals surface area contributed by atoms with Crippen LogP contribution in [0.1, 0.15) is 35.4 Å². The standard InChI is InChI=1S/C35H19Cl2F11N2O6/c1-56-18-4-2-3-17(51)20(18)21-14-5-6-15-19(29(53)49(28(15)52)13-8-11(34(43,44)45)7-12(9-13)35(46,47)48)16(14)10-32(36)30(54)50(31(55)33(21,32)37)27-25(41)23(39)22(38)24(40)26(27)42/h2-5,7-9,15-16,19,21,51H,6,10H2,1H3. The lowest BCUT2D eigenvalue weighted by Crippen LogP contribution is -2.60. The lowest BCUT2D eigenvalue weighted by atomic mass is 9.56. The molecule has 1 saturated carbocycles. The molecule has 21 heteroatoms. The van der Waals surface area contributed by atoms with Crippen LogP contribution in [0.15, 0.2) is 48.0 Å². The van der Waals surface area contributed by atoms with Gasteiger partial charge in [-0.3, -0.25) is 19.2 Å². The van der Waals surface area contributed by atoms with Gasteiger partial charge in [0.05, 0.1) is 35.8 Å². The SMILES string of the molecule is COc1cccc(O)c1C1C2=CCC3C(=O)N(c4cc(C(F)(F)F)cc(C(F)(F)F)c4)C(=O)C3C2CC2(Cl)C(=O)N(c3c(F)c(F)c(F)c(F)c3F)C(=O)C12Cl. The fourth-order valence-corrected chi connectivity index (χ4v) is 9.12. The van der Waals surface area contributed by atoms with Crippen molar-refractivity contribution in [3.63, 3.8) is 0 Å². The van der Waals surface area contributed by atoms with E-state index in [1.807, 2.05) is 0 Å². The summed E-state index contributed by atoms with van der Waals surface area (Å²) in [6.45, 7) is 0. The molecule has 7 rings (SSSR count). The smallest absolute Gasteiger partial charge is 0.416 e. The molecular weight excluding hydrogens is 824 g/mol. The van der Waals surface area contributed by atoms with Gasteiger partial charge in [-0.05, 0) is 49.1 Å². The van der Waals surface area contributed by atoms with Crippen LogP contribution in [-0.2, 0) is 31.5 Å². The van der Waals surface area contributed by atoms with E-state index >= 15 is 8.78 Å². The maximum absolute atomic E-state index is 15.3. The summed E-state index contributed by atoms with van der Waals surface area (Å²) < 4.78 is 161. The van der Waals surface area contributed by atoms with Gasteiger partial charge in [-0.1, -0.05) is 17.7 Å². The van der Waals surface area contributed by atoms with E-state index in [9.17, 15) is 63.8 Å². The number of phenols is 1. The Kier molecular flexibility index (Phi) is 8.81. The maximum atomic E-state index is 15.3. The highest BCUT2D eigenvalue weighted by atomic mass is 35.5. The molecule has 0 bridgehead atoms. The van der Waals surface area contributed by atoms with E-state index in [0.717, 1.165) is 13.2 Å². The lowest BCUT2D eigenvalue weighted by Gasteiger charge is -2.50. The number of rotatable bonds is 4. The van der Waals surface area contributed by atoms with E-state index < -0.39 is 150 Å². The number of carbonyl (C=O) groups excluding carboxylic acids is 4. The molecule has 8 nitrogen and oxygen atoms in total. The Balaban J connectivity index is 1.44. The van der Waals surface area contributed by atoms with Crippen LogP contribution in [0.5, 0.6) is 11.5 Å². The van der Waals surface area contributed by atoms with Crippen LogP contribution in [0.2, 0.25) is 0 Å². The first kappa shape index (κ1) is 39.3. The van der Waals surface area contributed by atoms with Crippen LogP contribution in [0.3, 0.4) is 0 Å². The number of nitrogens with zero attached hydrogens (tertiary/aromatic N) is 2. The molecule has 2 heterocycles. The molecule has 0 radical (unpaired) electrons. The minimum atomic E-state index is -5.39. The van der Waals surface area contributed by atoms with E-state index in [4.69, 9.17) is 27.9 Å². The first-order valence-electron chi connectivity index (χ1n) is 15.9. The van der Waals surface area contributed by atoms with Crippen molar-refractivity contribution in [1.82, 2.24) is 0 Å². The second kappa shape index (κ2) is 12.5. The zero-order chi connectivity index (χ0) is 41.4. The number of amides is 4. The largest absolute Gasteiger partial charge is 0.508 e. The summed E-state index contributed by atoms with van der Waals surface area (Å²) in [5, 5.41) is 11.2. The Bertz CT molecular complexity index is 2270. The number of anilines is 2. The molecule has 3 aromatic carbocycles. The lowest BCUT2D eigenvalue weighted by molar-refractivity contribution is -0.143. The van der Waals surface area contributed by atoms with Gasteiger partial charge in [-0.25, -0.2) is 31.8 Å². The van der Waals surface area contributed by atoms with E-state index in [1.165, 1.54) is 18.2 Å². The third kappa shape index (κ3) is 5.18. The normalized spacial score (nSPS) is 27.7. The molecule has 296 valence electrons. The van der Waals surface area contributed by atoms with Crippen molar-refractivity contribution in [3.05, 3.63) is 93.8 Å². The van der Waals surface area contributed by atoms with Gasteiger partial charge in [0.15, 0.2) is 33.0 Å². The van der Waals surface area contributed by atoms with Gasteiger partial charge in [-0.15, -0.1) is 23.2 Å². The highest BCUT2D eigenvalue weighted by Gasteiger charge is 2.77. The molecule has 6 unspecified atom stereocenters. The summed E-state index contributed by atoms with van der Waals surface area (Å²) in [6.07, 6.45) is -11.1. The molecule has 6 atom stereocenters. The Morgan fingerprint density at radius 1 is 0.768 bits per heavy atom. The highest BCUT2D eigenvalue weighted by Crippen LogP contribution is 2.67. The maximum Gasteiger partial charge on any atom is 0.416 e. The van der Waals surface area contributed by atoms with Crippen LogP contribution >= 0.6 is 23.2 Å². The molecule has 0 spiro atoms. The number of benzene rings is 3. The van der Waals surface area contributed by atoms with Gasteiger partial charge >= 0.3 is 12.4 Å². The summed E-state index contributed by atoms with van der Waals surface area (Å²) in [5.41, 5.74) is -7.56. The van der Waals surface area contributed by atoms with Gasteiger partial charge in [0, 0.05) is 11.5 Å². The molecule has 2 aliphatic heterocycles. The molecule has 2 aliphatic carbocycles. The summed E-state index contributed by atoms with van der Waals surface area (Å²) >= 11 is 14.0. The van der Waals surface area contributed by atoms with Crippen molar-refractivity contribution in [2.45, 2.75) is 40.9 Å². The van der Waals surface area contributed by atoms with Crippen molar-refractivity contribution in [1.29, 1.82) is 0 Å². The second-order valence-electron chi connectivity index (χ2n) is 13.4. The number of allylic oxidation sites excluding steroid dienone is 2. The highest BCUT2D eigenvalue weighted by molar-refractivity contribution is 6.58. The Labute approximate surface area is 316 Å². The third-order valence-electron chi connectivity index (χ3n) is 10.6. The number of aromatic hydroxyl groups is 1. The van der Waals surface area contributed by atoms with Gasteiger partial charge in [-0.2, -0.15) is 26.3 Å². The van der Waals surface area contributed by atoms with Crippen LogP contribution in [-0.4, -0.2) is 45.6 Å². The zero-order valence-corrected chi connectivity index (χ0v) is 29.1. The zero-order valence-electron chi connectivity index (χ0n) is 27.6. The first-order chi connectivity index (χ1) is 25.9.